The number of rotatable bonds is 0. The molecule has 0 bridgehead atoms. The molecule has 0 aromatic carbocycles. The Morgan fingerprint density at radius 1 is 1.10 bits per heavy atom. The quantitative estimate of drug-likeness (QED) is 0.606. The second-order valence-electron chi connectivity index (χ2n) is 1.36. The van der Waals surface area contributed by atoms with Gasteiger partial charge in [0.25, 0.3) is 0 Å². The van der Waals surface area contributed by atoms with Crippen molar-refractivity contribution < 1.29 is 0 Å². The van der Waals surface area contributed by atoms with E-state index in [1.165, 1.54) is 11.5 Å². The molecule has 0 saturated carbocycles. The lowest BCUT2D eigenvalue weighted by Gasteiger charge is -1.41. The number of thiazole rings is 1. The highest BCUT2D eigenvalue weighted by Crippen LogP contribution is 1.86. The van der Waals surface area contributed by atoms with Crippen LogP contribution in [0.25, 0.3) is 0 Å². The highest BCUT2D eigenvalue weighted by Gasteiger charge is 1.60. The lowest BCUT2D eigenvalue weighted by Crippen LogP contribution is -1.38. The molecule has 2 heterocycles. The fraction of sp³-hybridized carbons (Fsp3) is 0. The molecule has 0 unspecified atom stereocenters. The first-order valence-electron chi connectivity index (χ1n) is 2.66. The Morgan fingerprint density at radius 2 is 2.10 bits per heavy atom. The van der Waals surface area contributed by atoms with E-state index in [9.17, 15) is 0 Å². The second-order valence-corrected chi connectivity index (χ2v) is 2.81. The fourth-order valence-corrected chi connectivity index (χ4v) is 1.05. The lowest BCUT2D eigenvalue weighted by molar-refractivity contribution is 1.43. The molecule has 0 atom stereocenters. The number of hydrogen-bond donors (Lipinski definition) is 0. The van der Waals surface area contributed by atoms with Crippen LogP contribution in [-0.2, 0) is 0 Å². The van der Waals surface area contributed by atoms with E-state index in [1.807, 2.05) is 16.8 Å². The van der Waals surface area contributed by atoms with Crippen molar-refractivity contribution in [3.8, 4) is 0 Å². The minimum absolute atomic E-state index is 1.46. The van der Waals surface area contributed by atoms with Crippen molar-refractivity contribution in [1.82, 2.24) is 9.36 Å². The van der Waals surface area contributed by atoms with E-state index >= 15 is 0 Å². The molecule has 2 nitrogen and oxygen atoms in total. The number of hydrogen-bond acceptors (Lipinski definition) is 4. The molecule has 2 aromatic rings. The van der Waals surface area contributed by atoms with Gasteiger partial charge in [-0.15, -0.1) is 11.3 Å². The van der Waals surface area contributed by atoms with Gasteiger partial charge in [-0.3, -0.25) is 4.98 Å². The highest BCUT2D eigenvalue weighted by atomic mass is 32.1. The third-order valence-electron chi connectivity index (χ3n) is 0.694. The van der Waals surface area contributed by atoms with Crippen molar-refractivity contribution in [3.63, 3.8) is 0 Å². The van der Waals surface area contributed by atoms with Crippen molar-refractivity contribution >= 4 is 22.9 Å². The third-order valence-corrected chi connectivity index (χ3v) is 1.74. The van der Waals surface area contributed by atoms with Crippen molar-refractivity contribution in [2.24, 2.45) is 0 Å². The van der Waals surface area contributed by atoms with E-state index in [-0.39, 0.29) is 0 Å². The molecule has 10 heavy (non-hydrogen) atoms. The van der Waals surface area contributed by atoms with Crippen LogP contribution in [0.4, 0.5) is 0 Å². The van der Waals surface area contributed by atoms with Gasteiger partial charge >= 0.3 is 0 Å². The van der Waals surface area contributed by atoms with E-state index in [4.69, 9.17) is 0 Å². The Hall–Kier alpha value is -0.740. The largest absolute Gasteiger partial charge is 0.253 e. The van der Waals surface area contributed by atoms with Crippen LogP contribution >= 0.6 is 22.9 Å². The standard InChI is InChI=1S/2C3H3NS/c1-2-5-3-4-1;1-2-4-5-3-1/h2*1-3H. The van der Waals surface area contributed by atoms with Crippen LogP contribution in [-0.4, -0.2) is 9.36 Å². The molecule has 0 fully saturated rings. The molecule has 52 valence electrons. The topological polar surface area (TPSA) is 25.8 Å². The summed E-state index contributed by atoms with van der Waals surface area (Å²) in [5, 5.41) is 3.86. The van der Waals surface area contributed by atoms with Crippen molar-refractivity contribution in [3.05, 3.63) is 34.7 Å². The van der Waals surface area contributed by atoms with E-state index in [2.05, 4.69) is 9.36 Å². The van der Waals surface area contributed by atoms with Gasteiger partial charge in [0.1, 0.15) is 0 Å². The summed E-state index contributed by atoms with van der Waals surface area (Å²) >= 11 is 3.06. The summed E-state index contributed by atoms with van der Waals surface area (Å²) in [6, 6.07) is 1.91. The van der Waals surface area contributed by atoms with Gasteiger partial charge in [-0.25, -0.2) is 4.37 Å². The molecule has 0 aliphatic rings. The van der Waals surface area contributed by atoms with Crippen molar-refractivity contribution in [2.75, 3.05) is 0 Å². The van der Waals surface area contributed by atoms with Crippen molar-refractivity contribution in [1.29, 1.82) is 0 Å². The van der Waals surface area contributed by atoms with Gasteiger partial charge in [-0.1, -0.05) is 0 Å². The molecule has 0 aliphatic carbocycles. The molecule has 0 N–H and O–H groups in total. The second kappa shape index (κ2) is 5.08. The molecule has 0 aliphatic heterocycles. The van der Waals surface area contributed by atoms with Crippen LogP contribution in [0.15, 0.2) is 34.7 Å². The number of nitrogens with zero attached hydrogens (tertiary/aromatic N) is 2. The third kappa shape index (κ3) is 3.32. The fourth-order valence-electron chi connectivity index (χ4n) is 0.351. The Kier molecular flexibility index (Phi) is 3.74. The predicted molar refractivity (Wildman–Crippen MR) is 44.2 cm³/mol. The van der Waals surface area contributed by atoms with Gasteiger partial charge in [0.15, 0.2) is 0 Å². The number of aromatic nitrogens is 2. The summed E-state index contributed by atoms with van der Waals surface area (Å²) in [6.07, 6.45) is 3.54. The molecule has 2 rings (SSSR count). The van der Waals surface area contributed by atoms with Gasteiger partial charge in [0.05, 0.1) is 5.51 Å². The molecule has 2 aromatic heterocycles. The molecular weight excluding hydrogens is 164 g/mol. The van der Waals surface area contributed by atoms with Gasteiger partial charge < -0.3 is 0 Å². The Morgan fingerprint density at radius 3 is 2.30 bits per heavy atom. The zero-order chi connectivity index (χ0) is 7.07. The SMILES string of the molecule is c1cnsc1.c1cscn1. The highest BCUT2D eigenvalue weighted by molar-refractivity contribution is 7.07. The van der Waals surface area contributed by atoms with Crippen LogP contribution < -0.4 is 0 Å². The summed E-state index contributed by atoms with van der Waals surface area (Å²) in [6.45, 7) is 0. The van der Waals surface area contributed by atoms with E-state index < -0.39 is 0 Å². The molecule has 0 spiro atoms. The van der Waals surface area contributed by atoms with Crippen LogP contribution in [0.1, 0.15) is 0 Å². The average molecular weight is 170 g/mol. The Bertz CT molecular complexity index is 153. The average Bonchev–Trinajstić information content (AvgIpc) is 2.67. The Labute approximate surface area is 67.4 Å². The van der Waals surface area contributed by atoms with E-state index in [1.54, 1.807) is 29.2 Å². The molecular formula is C6H6N2S2. The van der Waals surface area contributed by atoms with Gasteiger partial charge in [0, 0.05) is 23.2 Å². The molecule has 0 radical (unpaired) electrons. The first-order chi connectivity index (χ1) is 5.00. The summed E-state index contributed by atoms with van der Waals surface area (Å²) in [7, 11) is 0. The van der Waals surface area contributed by atoms with Crippen LogP contribution in [0.3, 0.4) is 0 Å². The first kappa shape index (κ1) is 7.37. The zero-order valence-electron chi connectivity index (χ0n) is 5.18. The minimum atomic E-state index is 1.46. The maximum absolute atomic E-state index is 3.76. The molecule has 4 heteroatoms. The smallest absolute Gasteiger partial charge is 0.0791 e. The molecule has 0 amide bonds. The zero-order valence-corrected chi connectivity index (χ0v) is 6.81. The lowest BCUT2D eigenvalue weighted by atomic mass is 10.8. The molecule has 0 saturated heterocycles. The summed E-state index contributed by atoms with van der Waals surface area (Å²) in [5.41, 5.74) is 1.79. The summed E-state index contributed by atoms with van der Waals surface area (Å²) in [4.78, 5) is 3.74. The Balaban J connectivity index is 0.0000001000. The minimum Gasteiger partial charge on any atom is -0.253 e. The normalized spacial score (nSPS) is 8.00. The summed E-state index contributed by atoms with van der Waals surface area (Å²) < 4.78 is 3.76. The van der Waals surface area contributed by atoms with Crippen LogP contribution in [0.2, 0.25) is 0 Å². The first-order valence-corrected chi connectivity index (χ1v) is 4.44. The van der Waals surface area contributed by atoms with Gasteiger partial charge in [-0.05, 0) is 17.6 Å². The van der Waals surface area contributed by atoms with Crippen LogP contribution in [0, 0.1) is 0 Å². The van der Waals surface area contributed by atoms with E-state index in [0.29, 0.717) is 0 Å². The van der Waals surface area contributed by atoms with Gasteiger partial charge in [0.2, 0.25) is 0 Å². The van der Waals surface area contributed by atoms with Crippen molar-refractivity contribution in [2.45, 2.75) is 0 Å². The maximum Gasteiger partial charge on any atom is 0.0791 e. The maximum atomic E-state index is 3.76. The predicted octanol–water partition coefficient (Wildman–Crippen LogP) is 2.29. The summed E-state index contributed by atoms with van der Waals surface area (Å²) in [5.74, 6) is 0. The monoisotopic (exact) mass is 170 g/mol. The van der Waals surface area contributed by atoms with Gasteiger partial charge in [-0.2, -0.15) is 0 Å². The van der Waals surface area contributed by atoms with E-state index in [0.717, 1.165) is 0 Å². The van der Waals surface area contributed by atoms with Crippen LogP contribution in [0.5, 0.6) is 0 Å².